The Hall–Kier alpha value is -2.35. The van der Waals surface area contributed by atoms with E-state index in [9.17, 15) is 9.59 Å². The maximum Gasteiger partial charge on any atom is 0.328 e. The standard InChI is InChI=1S/C21H28N4O3S/c1-14(2)11-17(20(27)28-3)22-18(26)13-29-21-24-23-19(16-9-10-16)25(21)12-15-7-5-4-6-8-15/h4-8,14,16-17H,9-13H2,1-3H3,(H,22,26)/t17-/m1/s1. The number of ether oxygens (including phenoxy) is 1. The van der Waals surface area contributed by atoms with Crippen LogP contribution in [0.4, 0.5) is 0 Å². The summed E-state index contributed by atoms with van der Waals surface area (Å²) in [6.07, 6.45) is 2.81. The van der Waals surface area contributed by atoms with E-state index in [1.165, 1.54) is 24.4 Å². The quantitative estimate of drug-likeness (QED) is 0.473. The molecule has 1 saturated carbocycles. The van der Waals surface area contributed by atoms with Crippen LogP contribution in [0.15, 0.2) is 35.5 Å². The van der Waals surface area contributed by atoms with Gasteiger partial charge in [0.25, 0.3) is 0 Å². The number of methoxy groups -OCH3 is 1. The highest BCUT2D eigenvalue weighted by molar-refractivity contribution is 7.99. The van der Waals surface area contributed by atoms with E-state index in [2.05, 4.69) is 32.2 Å². The third-order valence-electron chi connectivity index (χ3n) is 4.73. The number of hydrogen-bond donors (Lipinski definition) is 1. The molecule has 1 aromatic carbocycles. The molecule has 0 bridgehead atoms. The molecule has 2 aromatic rings. The van der Waals surface area contributed by atoms with E-state index in [1.807, 2.05) is 32.0 Å². The van der Waals surface area contributed by atoms with E-state index >= 15 is 0 Å². The van der Waals surface area contributed by atoms with E-state index in [0.29, 0.717) is 18.9 Å². The minimum atomic E-state index is -0.627. The molecule has 156 valence electrons. The average Bonchev–Trinajstić information content (AvgIpc) is 3.47. The first-order valence-corrected chi connectivity index (χ1v) is 10.9. The number of rotatable bonds is 10. The van der Waals surface area contributed by atoms with E-state index < -0.39 is 12.0 Å². The number of hydrogen-bond acceptors (Lipinski definition) is 6. The number of carbonyl (C=O) groups excluding carboxylic acids is 2. The maximum atomic E-state index is 12.5. The van der Waals surface area contributed by atoms with Crippen molar-refractivity contribution in [2.24, 2.45) is 5.92 Å². The van der Waals surface area contributed by atoms with Gasteiger partial charge in [0.15, 0.2) is 5.16 Å². The Bertz CT molecular complexity index is 834. The van der Waals surface area contributed by atoms with Crippen molar-refractivity contribution in [3.05, 3.63) is 41.7 Å². The molecule has 8 heteroatoms. The van der Waals surface area contributed by atoms with Crippen LogP contribution in [0.1, 0.15) is 50.4 Å². The molecule has 1 aliphatic carbocycles. The van der Waals surface area contributed by atoms with Crippen LogP contribution in [-0.4, -0.2) is 45.5 Å². The normalized spacial score (nSPS) is 14.6. The second-order valence-electron chi connectivity index (χ2n) is 7.75. The van der Waals surface area contributed by atoms with Crippen LogP contribution in [0, 0.1) is 5.92 Å². The van der Waals surface area contributed by atoms with Crippen molar-refractivity contribution in [1.29, 1.82) is 0 Å². The summed E-state index contributed by atoms with van der Waals surface area (Å²) in [6.45, 7) is 4.69. The molecule has 0 unspecified atom stereocenters. The largest absolute Gasteiger partial charge is 0.467 e. The SMILES string of the molecule is COC(=O)[C@@H](CC(C)C)NC(=O)CSc1nnc(C2CC2)n1Cc1ccccc1. The van der Waals surface area contributed by atoms with Crippen molar-refractivity contribution >= 4 is 23.6 Å². The van der Waals surface area contributed by atoms with Gasteiger partial charge in [-0.2, -0.15) is 0 Å². The van der Waals surface area contributed by atoms with Crippen molar-refractivity contribution in [3.8, 4) is 0 Å². The fourth-order valence-electron chi connectivity index (χ4n) is 3.16. The van der Waals surface area contributed by atoms with Gasteiger partial charge in [0.2, 0.25) is 5.91 Å². The third kappa shape index (κ3) is 6.06. The van der Waals surface area contributed by atoms with Gasteiger partial charge in [0.1, 0.15) is 11.9 Å². The van der Waals surface area contributed by atoms with E-state index in [0.717, 1.165) is 23.8 Å². The summed E-state index contributed by atoms with van der Waals surface area (Å²) in [6, 6.07) is 9.54. The molecule has 7 nitrogen and oxygen atoms in total. The predicted octanol–water partition coefficient (Wildman–Crippen LogP) is 3.00. The van der Waals surface area contributed by atoms with Gasteiger partial charge in [-0.1, -0.05) is 55.9 Å². The van der Waals surface area contributed by atoms with E-state index in [4.69, 9.17) is 4.74 Å². The monoisotopic (exact) mass is 416 g/mol. The number of aromatic nitrogens is 3. The van der Waals surface area contributed by atoms with Crippen LogP contribution in [0.5, 0.6) is 0 Å². The van der Waals surface area contributed by atoms with Gasteiger partial charge in [0, 0.05) is 5.92 Å². The van der Waals surface area contributed by atoms with Crippen LogP contribution in [0.3, 0.4) is 0 Å². The van der Waals surface area contributed by atoms with Gasteiger partial charge in [-0.3, -0.25) is 4.79 Å². The highest BCUT2D eigenvalue weighted by Crippen LogP contribution is 2.40. The maximum absolute atomic E-state index is 12.5. The van der Waals surface area contributed by atoms with E-state index in [1.54, 1.807) is 0 Å². The number of carbonyl (C=O) groups is 2. The molecule has 0 saturated heterocycles. The van der Waals surface area contributed by atoms with Crippen molar-refractivity contribution in [1.82, 2.24) is 20.1 Å². The topological polar surface area (TPSA) is 86.1 Å². The molecular formula is C21H28N4O3S. The molecule has 0 aliphatic heterocycles. The minimum absolute atomic E-state index is 0.170. The Balaban J connectivity index is 1.65. The summed E-state index contributed by atoms with van der Waals surface area (Å²) in [5, 5.41) is 12.2. The molecule has 1 atom stereocenters. The first-order valence-electron chi connectivity index (χ1n) is 9.95. The molecule has 0 radical (unpaired) electrons. The summed E-state index contributed by atoms with van der Waals surface area (Å²) in [4.78, 5) is 24.4. The lowest BCUT2D eigenvalue weighted by molar-refractivity contribution is -0.145. The number of thioether (sulfide) groups is 1. The molecule has 0 spiro atoms. The van der Waals surface area contributed by atoms with Crippen LogP contribution in [-0.2, 0) is 20.9 Å². The second-order valence-corrected chi connectivity index (χ2v) is 8.69. The van der Waals surface area contributed by atoms with Crippen molar-refractivity contribution in [2.75, 3.05) is 12.9 Å². The minimum Gasteiger partial charge on any atom is -0.467 e. The Morgan fingerprint density at radius 1 is 1.24 bits per heavy atom. The third-order valence-corrected chi connectivity index (χ3v) is 5.70. The zero-order valence-corrected chi connectivity index (χ0v) is 17.9. The Morgan fingerprint density at radius 2 is 1.97 bits per heavy atom. The van der Waals surface area contributed by atoms with Crippen LogP contribution >= 0.6 is 11.8 Å². The lowest BCUT2D eigenvalue weighted by atomic mass is 10.0. The fourth-order valence-corrected chi connectivity index (χ4v) is 3.91. The Labute approximate surface area is 175 Å². The molecule has 3 rings (SSSR count). The van der Waals surface area contributed by atoms with Crippen LogP contribution in [0.2, 0.25) is 0 Å². The van der Waals surface area contributed by atoms with Crippen molar-refractivity contribution in [2.45, 2.75) is 56.8 Å². The molecule has 1 N–H and O–H groups in total. The molecule has 29 heavy (non-hydrogen) atoms. The van der Waals surface area contributed by atoms with Crippen LogP contribution in [0.25, 0.3) is 0 Å². The van der Waals surface area contributed by atoms with Gasteiger partial charge in [-0.25, -0.2) is 4.79 Å². The summed E-state index contributed by atoms with van der Waals surface area (Å²) < 4.78 is 6.92. The van der Waals surface area contributed by atoms with Gasteiger partial charge in [0.05, 0.1) is 19.4 Å². The first-order chi connectivity index (χ1) is 14.0. The van der Waals surface area contributed by atoms with Crippen LogP contribution < -0.4 is 5.32 Å². The van der Waals surface area contributed by atoms with Crippen molar-refractivity contribution < 1.29 is 14.3 Å². The molecule has 1 fully saturated rings. The number of esters is 1. The fraction of sp³-hybridized carbons (Fsp3) is 0.524. The lowest BCUT2D eigenvalue weighted by Gasteiger charge is -2.18. The molecule has 1 aliphatic rings. The highest BCUT2D eigenvalue weighted by atomic mass is 32.2. The zero-order chi connectivity index (χ0) is 20.8. The average molecular weight is 417 g/mol. The Morgan fingerprint density at radius 3 is 2.59 bits per heavy atom. The smallest absolute Gasteiger partial charge is 0.328 e. The van der Waals surface area contributed by atoms with E-state index in [-0.39, 0.29) is 17.6 Å². The highest BCUT2D eigenvalue weighted by Gasteiger charge is 2.31. The summed E-state index contributed by atoms with van der Waals surface area (Å²) in [7, 11) is 1.34. The lowest BCUT2D eigenvalue weighted by Crippen LogP contribution is -2.43. The summed E-state index contributed by atoms with van der Waals surface area (Å²) >= 11 is 1.35. The predicted molar refractivity (Wildman–Crippen MR) is 112 cm³/mol. The number of benzene rings is 1. The molecule has 1 heterocycles. The number of nitrogens with one attached hydrogen (secondary N) is 1. The van der Waals surface area contributed by atoms with Gasteiger partial charge >= 0.3 is 5.97 Å². The van der Waals surface area contributed by atoms with Gasteiger partial charge in [-0.15, -0.1) is 10.2 Å². The number of amides is 1. The van der Waals surface area contributed by atoms with Gasteiger partial charge < -0.3 is 14.6 Å². The molecular weight excluding hydrogens is 388 g/mol. The summed E-state index contributed by atoms with van der Waals surface area (Å²) in [5.41, 5.74) is 1.17. The molecule has 1 amide bonds. The second kappa shape index (κ2) is 9.91. The first kappa shape index (κ1) is 21.4. The summed E-state index contributed by atoms with van der Waals surface area (Å²) in [5.74, 6) is 1.26. The Kier molecular flexibility index (Phi) is 7.30. The van der Waals surface area contributed by atoms with Gasteiger partial charge in [-0.05, 0) is 30.7 Å². The molecule has 1 aromatic heterocycles. The van der Waals surface area contributed by atoms with Crippen molar-refractivity contribution in [3.63, 3.8) is 0 Å². The zero-order valence-electron chi connectivity index (χ0n) is 17.1. The number of nitrogens with zero attached hydrogens (tertiary/aromatic N) is 3.